The molecule has 0 fully saturated rings. The summed E-state index contributed by atoms with van der Waals surface area (Å²) in [5.41, 5.74) is 0.950. The van der Waals surface area contributed by atoms with Crippen molar-refractivity contribution in [3.8, 4) is 17.0 Å². The van der Waals surface area contributed by atoms with Crippen molar-refractivity contribution in [2.75, 3.05) is 19.5 Å². The summed E-state index contributed by atoms with van der Waals surface area (Å²) >= 11 is 1.20. The fourth-order valence-corrected chi connectivity index (χ4v) is 3.01. The van der Waals surface area contributed by atoms with Crippen LogP contribution >= 0.6 is 11.3 Å². The number of carbonyl (C=O) groups excluding carboxylic acids is 1. The minimum atomic E-state index is -0.424. The number of nitrogens with one attached hydrogen (secondary N) is 1. The molecule has 2 heterocycles. The first-order valence-electron chi connectivity index (χ1n) is 7.93. The summed E-state index contributed by atoms with van der Waals surface area (Å²) in [4.78, 5) is 24.3. The summed E-state index contributed by atoms with van der Waals surface area (Å²) in [6.07, 6.45) is 0. The number of benzene rings is 1. The van der Waals surface area contributed by atoms with Gasteiger partial charge in [-0.25, -0.2) is 4.68 Å². The molecule has 1 aromatic carbocycles. The minimum absolute atomic E-state index is 0.240. The number of methoxy groups -OCH3 is 2. The molecule has 140 valence electrons. The van der Waals surface area contributed by atoms with Gasteiger partial charge in [-0.2, -0.15) is 5.10 Å². The quantitative estimate of drug-likeness (QED) is 0.655. The van der Waals surface area contributed by atoms with Gasteiger partial charge in [0.1, 0.15) is 23.9 Å². The third kappa shape index (κ3) is 4.74. The lowest BCUT2D eigenvalue weighted by molar-refractivity contribution is -0.117. The largest absolute Gasteiger partial charge is 0.497 e. The monoisotopic (exact) mass is 387 g/mol. The van der Waals surface area contributed by atoms with E-state index in [4.69, 9.17) is 9.47 Å². The third-order valence-electron chi connectivity index (χ3n) is 3.51. The van der Waals surface area contributed by atoms with Gasteiger partial charge >= 0.3 is 0 Å². The molecule has 0 aliphatic heterocycles. The number of ether oxygens (including phenoxy) is 2. The molecule has 0 aliphatic carbocycles. The lowest BCUT2D eigenvalue weighted by Crippen LogP contribution is -2.29. The van der Waals surface area contributed by atoms with Crippen LogP contribution in [0.2, 0.25) is 0 Å². The van der Waals surface area contributed by atoms with E-state index in [9.17, 15) is 9.59 Å². The average Bonchev–Trinajstić information content (AvgIpc) is 3.10. The number of hydrogen-bond donors (Lipinski definition) is 1. The normalized spacial score (nSPS) is 10.6. The predicted molar refractivity (Wildman–Crippen MR) is 99.7 cm³/mol. The maximum absolute atomic E-state index is 12.2. The van der Waals surface area contributed by atoms with Crippen LogP contribution in [0, 0.1) is 0 Å². The van der Waals surface area contributed by atoms with Gasteiger partial charge in [-0.15, -0.1) is 10.2 Å². The Morgan fingerprint density at radius 3 is 2.85 bits per heavy atom. The van der Waals surface area contributed by atoms with E-state index in [1.165, 1.54) is 17.4 Å². The molecule has 0 saturated heterocycles. The fraction of sp³-hybridized carbons (Fsp3) is 0.235. The summed E-state index contributed by atoms with van der Waals surface area (Å²) in [7, 11) is 3.12. The first-order valence-corrected chi connectivity index (χ1v) is 8.74. The van der Waals surface area contributed by atoms with E-state index in [0.717, 1.165) is 10.2 Å². The van der Waals surface area contributed by atoms with Crippen LogP contribution in [0.5, 0.6) is 5.75 Å². The molecule has 3 aromatic rings. The van der Waals surface area contributed by atoms with Gasteiger partial charge in [0.15, 0.2) is 0 Å². The Labute approximate surface area is 158 Å². The molecule has 3 rings (SSSR count). The Kier molecular flexibility index (Phi) is 5.89. The number of amides is 1. The van der Waals surface area contributed by atoms with Crippen molar-refractivity contribution in [2.24, 2.45) is 0 Å². The lowest BCUT2D eigenvalue weighted by Gasteiger charge is -2.08. The molecule has 0 radical (unpaired) electrons. The van der Waals surface area contributed by atoms with Crippen LogP contribution in [0.3, 0.4) is 0 Å². The van der Waals surface area contributed by atoms with Crippen LogP contribution in [-0.4, -0.2) is 40.1 Å². The van der Waals surface area contributed by atoms with Gasteiger partial charge < -0.3 is 9.47 Å². The Morgan fingerprint density at radius 1 is 1.22 bits per heavy atom. The van der Waals surface area contributed by atoms with E-state index >= 15 is 0 Å². The van der Waals surface area contributed by atoms with Crippen molar-refractivity contribution in [3.63, 3.8) is 0 Å². The molecule has 2 aromatic heterocycles. The molecule has 1 amide bonds. The molecule has 0 aliphatic rings. The molecule has 0 bridgehead atoms. The second kappa shape index (κ2) is 8.52. The second-order valence-corrected chi connectivity index (χ2v) is 6.49. The Hall–Kier alpha value is -3.11. The molecule has 0 atom stereocenters. The summed E-state index contributed by atoms with van der Waals surface area (Å²) in [6, 6.07) is 10.3. The van der Waals surface area contributed by atoms with E-state index < -0.39 is 5.91 Å². The average molecular weight is 387 g/mol. The van der Waals surface area contributed by atoms with E-state index in [0.29, 0.717) is 28.2 Å². The van der Waals surface area contributed by atoms with E-state index in [1.54, 1.807) is 26.4 Å². The smallest absolute Gasteiger partial charge is 0.267 e. The van der Waals surface area contributed by atoms with Gasteiger partial charge in [0, 0.05) is 18.7 Å². The highest BCUT2D eigenvalue weighted by molar-refractivity contribution is 7.15. The SMILES string of the molecule is COCc1nnc(NC(=O)Cn2nc(-c3cccc(OC)c3)ccc2=O)s1. The number of nitrogens with zero attached hydrogens (tertiary/aromatic N) is 4. The molecule has 0 unspecified atom stereocenters. The number of carbonyl (C=O) groups is 1. The van der Waals surface area contributed by atoms with Gasteiger partial charge in [0.25, 0.3) is 5.56 Å². The molecule has 0 saturated carbocycles. The van der Waals surface area contributed by atoms with Gasteiger partial charge in [-0.3, -0.25) is 14.9 Å². The molecule has 0 spiro atoms. The van der Waals surface area contributed by atoms with Crippen molar-refractivity contribution in [2.45, 2.75) is 13.2 Å². The van der Waals surface area contributed by atoms with Crippen molar-refractivity contribution in [1.82, 2.24) is 20.0 Å². The minimum Gasteiger partial charge on any atom is -0.497 e. The van der Waals surface area contributed by atoms with Gasteiger partial charge in [0.05, 0.1) is 12.8 Å². The van der Waals surface area contributed by atoms with Gasteiger partial charge in [-0.05, 0) is 18.2 Å². The van der Waals surface area contributed by atoms with E-state index in [2.05, 4.69) is 20.6 Å². The van der Waals surface area contributed by atoms with Gasteiger partial charge in [-0.1, -0.05) is 23.5 Å². The van der Waals surface area contributed by atoms with Crippen LogP contribution in [-0.2, 0) is 22.7 Å². The van der Waals surface area contributed by atoms with Crippen molar-refractivity contribution >= 4 is 22.4 Å². The summed E-state index contributed by atoms with van der Waals surface area (Å²) in [5.74, 6) is 0.250. The molecule has 10 heteroatoms. The molecule has 9 nitrogen and oxygen atoms in total. The maximum Gasteiger partial charge on any atom is 0.267 e. The molecule has 27 heavy (non-hydrogen) atoms. The van der Waals surface area contributed by atoms with Crippen molar-refractivity contribution in [3.05, 3.63) is 51.8 Å². The highest BCUT2D eigenvalue weighted by Crippen LogP contribution is 2.21. The molecule has 1 N–H and O–H groups in total. The summed E-state index contributed by atoms with van der Waals surface area (Å²) < 4.78 is 11.3. The zero-order valence-electron chi connectivity index (χ0n) is 14.7. The van der Waals surface area contributed by atoms with Crippen LogP contribution in [0.25, 0.3) is 11.3 Å². The second-order valence-electron chi connectivity index (χ2n) is 5.43. The molecular weight excluding hydrogens is 370 g/mol. The standard InChI is InChI=1S/C17H17N5O4S/c1-25-10-15-19-20-17(27-15)18-14(23)9-22-16(24)7-6-13(21-22)11-4-3-5-12(8-11)26-2/h3-8H,9-10H2,1-2H3,(H,18,20,23). The number of anilines is 1. The van der Waals surface area contributed by atoms with Gasteiger partial charge in [0.2, 0.25) is 11.0 Å². The summed E-state index contributed by atoms with van der Waals surface area (Å²) in [6.45, 7) is 0.0764. The Balaban J connectivity index is 1.75. The van der Waals surface area contributed by atoms with Crippen LogP contribution in [0.1, 0.15) is 5.01 Å². The van der Waals surface area contributed by atoms with Crippen molar-refractivity contribution < 1.29 is 14.3 Å². The summed E-state index contributed by atoms with van der Waals surface area (Å²) in [5, 5.41) is 15.6. The van der Waals surface area contributed by atoms with Crippen LogP contribution < -0.4 is 15.6 Å². The highest BCUT2D eigenvalue weighted by Gasteiger charge is 2.11. The number of aromatic nitrogens is 4. The van der Waals surface area contributed by atoms with Crippen LogP contribution in [0.15, 0.2) is 41.2 Å². The number of rotatable bonds is 7. The van der Waals surface area contributed by atoms with Crippen molar-refractivity contribution in [1.29, 1.82) is 0 Å². The predicted octanol–water partition coefficient (Wildman–Crippen LogP) is 1.56. The first-order chi connectivity index (χ1) is 13.1. The van der Waals surface area contributed by atoms with Crippen LogP contribution in [0.4, 0.5) is 5.13 Å². The third-order valence-corrected chi connectivity index (χ3v) is 4.32. The topological polar surface area (TPSA) is 108 Å². The lowest BCUT2D eigenvalue weighted by atomic mass is 10.1. The Morgan fingerprint density at radius 2 is 2.07 bits per heavy atom. The van der Waals surface area contributed by atoms with E-state index in [1.807, 2.05) is 18.2 Å². The number of hydrogen-bond acceptors (Lipinski definition) is 8. The zero-order valence-corrected chi connectivity index (χ0v) is 15.5. The maximum atomic E-state index is 12.2. The highest BCUT2D eigenvalue weighted by atomic mass is 32.1. The first kappa shape index (κ1) is 18.7. The van der Waals surface area contributed by atoms with E-state index in [-0.39, 0.29) is 12.1 Å². The zero-order chi connectivity index (χ0) is 19.2. The Bertz CT molecular complexity index is 1000. The molecular formula is C17H17N5O4S. The fourth-order valence-electron chi connectivity index (χ4n) is 2.28.